The lowest BCUT2D eigenvalue weighted by molar-refractivity contribution is -0.137. The molecule has 1 aliphatic heterocycles. The van der Waals surface area contributed by atoms with Crippen LogP contribution in [-0.4, -0.2) is 57.3 Å². The third kappa shape index (κ3) is 7.29. The van der Waals surface area contributed by atoms with Gasteiger partial charge in [-0.05, 0) is 42.5 Å². The van der Waals surface area contributed by atoms with Gasteiger partial charge >= 0.3 is 6.18 Å². The van der Waals surface area contributed by atoms with Gasteiger partial charge < -0.3 is 35.6 Å². The molecule has 0 aliphatic carbocycles. The van der Waals surface area contributed by atoms with Gasteiger partial charge in [0.25, 0.3) is 11.8 Å². The van der Waals surface area contributed by atoms with Gasteiger partial charge in [-0.1, -0.05) is 12.1 Å². The average Bonchev–Trinajstić information content (AvgIpc) is 3.05. The standard InChI is InChI=1S/C32H30F4N6O4/c1-37-30(43)21-5-3-4-6-24(21)41-31(44)22-15-19(33)7-9-25(22)39-27-17-29(38-18-23(27)32(34,35)36)40-26-10-8-20(16-28(26)45-2)42-11-13-46-14-12-42/h3-10,15-18H,11-14H2,1-2H3,(H,37,43)(H,41,44)(H2,38,39,40). The summed E-state index contributed by atoms with van der Waals surface area (Å²) in [6.45, 7) is 2.59. The van der Waals surface area contributed by atoms with Gasteiger partial charge in [-0.15, -0.1) is 0 Å². The molecule has 14 heteroatoms. The summed E-state index contributed by atoms with van der Waals surface area (Å²) < 4.78 is 67.6. The topological polar surface area (TPSA) is 117 Å². The van der Waals surface area contributed by atoms with Gasteiger partial charge in [-0.2, -0.15) is 13.2 Å². The molecule has 2 heterocycles. The first-order valence-electron chi connectivity index (χ1n) is 14.1. The molecule has 0 bridgehead atoms. The average molecular weight is 639 g/mol. The molecule has 240 valence electrons. The first-order chi connectivity index (χ1) is 22.1. The fourth-order valence-electron chi connectivity index (χ4n) is 4.87. The number of anilines is 6. The van der Waals surface area contributed by atoms with Crippen LogP contribution in [-0.2, 0) is 10.9 Å². The zero-order valence-electron chi connectivity index (χ0n) is 24.8. The normalized spacial score (nSPS) is 13.1. The van der Waals surface area contributed by atoms with E-state index in [1.807, 2.05) is 12.1 Å². The molecule has 0 saturated carbocycles. The maximum absolute atomic E-state index is 14.3. The van der Waals surface area contributed by atoms with Gasteiger partial charge in [0.15, 0.2) is 0 Å². The van der Waals surface area contributed by atoms with Crippen LogP contribution in [0, 0.1) is 5.82 Å². The number of rotatable bonds is 9. The number of carbonyl (C=O) groups excluding carboxylic acids is 2. The number of hydrogen-bond acceptors (Lipinski definition) is 8. The lowest BCUT2D eigenvalue weighted by Gasteiger charge is -2.29. The number of nitrogens with one attached hydrogen (secondary N) is 4. The van der Waals surface area contributed by atoms with Crippen molar-refractivity contribution in [2.45, 2.75) is 6.18 Å². The van der Waals surface area contributed by atoms with Crippen molar-refractivity contribution in [2.24, 2.45) is 0 Å². The summed E-state index contributed by atoms with van der Waals surface area (Å²) >= 11 is 0. The van der Waals surface area contributed by atoms with E-state index in [1.54, 1.807) is 18.2 Å². The van der Waals surface area contributed by atoms with Gasteiger partial charge in [0.2, 0.25) is 0 Å². The lowest BCUT2D eigenvalue weighted by Crippen LogP contribution is -2.36. The molecule has 0 radical (unpaired) electrons. The van der Waals surface area contributed by atoms with Crippen LogP contribution < -0.4 is 30.9 Å². The molecule has 2 amide bonds. The quantitative estimate of drug-likeness (QED) is 0.161. The largest absolute Gasteiger partial charge is 0.494 e. The molecular weight excluding hydrogens is 608 g/mol. The predicted octanol–water partition coefficient (Wildman–Crippen LogP) is 6.18. The molecule has 0 atom stereocenters. The Bertz CT molecular complexity index is 1740. The van der Waals surface area contributed by atoms with Crippen molar-refractivity contribution in [3.05, 3.63) is 95.4 Å². The monoisotopic (exact) mass is 638 g/mol. The smallest absolute Gasteiger partial charge is 0.419 e. The highest BCUT2D eigenvalue weighted by atomic mass is 19.4. The van der Waals surface area contributed by atoms with E-state index < -0.39 is 35.1 Å². The summed E-state index contributed by atoms with van der Waals surface area (Å²) in [5.41, 5.74) is -0.363. The number of para-hydroxylation sites is 1. The van der Waals surface area contributed by atoms with E-state index in [2.05, 4.69) is 31.2 Å². The van der Waals surface area contributed by atoms with Gasteiger partial charge in [0, 0.05) is 44.2 Å². The van der Waals surface area contributed by atoms with Crippen molar-refractivity contribution < 1.29 is 36.6 Å². The molecular formula is C32H30F4N6O4. The highest BCUT2D eigenvalue weighted by molar-refractivity contribution is 6.11. The maximum atomic E-state index is 14.3. The van der Waals surface area contributed by atoms with Crippen LogP contribution in [0.2, 0.25) is 0 Å². The highest BCUT2D eigenvalue weighted by Crippen LogP contribution is 2.39. The zero-order valence-corrected chi connectivity index (χ0v) is 24.8. The number of halogens is 4. The van der Waals surface area contributed by atoms with Crippen LogP contribution in [0.25, 0.3) is 0 Å². The van der Waals surface area contributed by atoms with Crippen LogP contribution >= 0.6 is 0 Å². The van der Waals surface area contributed by atoms with Gasteiger partial charge in [-0.25, -0.2) is 9.37 Å². The molecule has 5 rings (SSSR count). The van der Waals surface area contributed by atoms with Gasteiger partial charge in [0.1, 0.15) is 17.4 Å². The van der Waals surface area contributed by atoms with Crippen molar-refractivity contribution in [3.8, 4) is 5.75 Å². The Hall–Kier alpha value is -5.37. The molecule has 10 nitrogen and oxygen atoms in total. The van der Waals surface area contributed by atoms with Gasteiger partial charge in [0.05, 0.1) is 59.8 Å². The number of morpholine rings is 1. The van der Waals surface area contributed by atoms with Crippen LogP contribution in [0.4, 0.5) is 51.8 Å². The maximum Gasteiger partial charge on any atom is 0.419 e. The highest BCUT2D eigenvalue weighted by Gasteiger charge is 2.35. The number of alkyl halides is 3. The van der Waals surface area contributed by atoms with Crippen molar-refractivity contribution in [3.63, 3.8) is 0 Å². The minimum atomic E-state index is -4.82. The predicted molar refractivity (Wildman–Crippen MR) is 166 cm³/mol. The Morgan fingerprint density at radius 1 is 0.870 bits per heavy atom. The van der Waals surface area contributed by atoms with E-state index >= 15 is 0 Å². The van der Waals surface area contributed by atoms with E-state index in [0.717, 1.165) is 30.0 Å². The van der Waals surface area contributed by atoms with Crippen LogP contribution in [0.15, 0.2) is 72.9 Å². The van der Waals surface area contributed by atoms with E-state index in [4.69, 9.17) is 9.47 Å². The summed E-state index contributed by atoms with van der Waals surface area (Å²) in [5, 5.41) is 10.6. The van der Waals surface area contributed by atoms with Gasteiger partial charge in [-0.3, -0.25) is 9.59 Å². The number of methoxy groups -OCH3 is 1. The molecule has 1 fully saturated rings. The Morgan fingerprint density at radius 2 is 1.61 bits per heavy atom. The third-order valence-electron chi connectivity index (χ3n) is 7.18. The number of benzene rings is 3. The van der Waals surface area contributed by atoms with E-state index in [1.165, 1.54) is 26.3 Å². The number of amides is 2. The van der Waals surface area contributed by atoms with Crippen molar-refractivity contribution in [1.82, 2.24) is 10.3 Å². The summed E-state index contributed by atoms with van der Waals surface area (Å²) in [4.78, 5) is 31.7. The third-order valence-corrected chi connectivity index (χ3v) is 7.18. The van der Waals surface area contributed by atoms with Crippen LogP contribution in [0.3, 0.4) is 0 Å². The Morgan fingerprint density at radius 3 is 2.33 bits per heavy atom. The van der Waals surface area contributed by atoms with E-state index in [-0.39, 0.29) is 28.3 Å². The Balaban J connectivity index is 1.46. The van der Waals surface area contributed by atoms with Crippen LogP contribution in [0.5, 0.6) is 5.75 Å². The fourth-order valence-corrected chi connectivity index (χ4v) is 4.87. The second kappa shape index (κ2) is 13.7. The minimum absolute atomic E-state index is 0.0422. The summed E-state index contributed by atoms with van der Waals surface area (Å²) in [7, 11) is 2.90. The lowest BCUT2D eigenvalue weighted by atomic mass is 10.1. The number of carbonyl (C=O) groups is 2. The fraction of sp³-hybridized carbons (Fsp3) is 0.219. The number of hydrogen-bond donors (Lipinski definition) is 4. The Labute approximate surface area is 261 Å². The number of nitrogens with zero attached hydrogens (tertiary/aromatic N) is 2. The van der Waals surface area contributed by atoms with Crippen molar-refractivity contribution in [1.29, 1.82) is 0 Å². The second-order valence-electron chi connectivity index (χ2n) is 10.1. The molecule has 1 aromatic heterocycles. The first-order valence-corrected chi connectivity index (χ1v) is 14.1. The molecule has 1 aliphatic rings. The van der Waals surface area contributed by atoms with Crippen molar-refractivity contribution >= 4 is 46.1 Å². The molecule has 0 unspecified atom stereocenters. The molecule has 46 heavy (non-hydrogen) atoms. The van der Waals surface area contributed by atoms with E-state index in [9.17, 15) is 27.2 Å². The second-order valence-corrected chi connectivity index (χ2v) is 10.1. The first kappa shape index (κ1) is 32.0. The molecule has 3 aromatic carbocycles. The van der Waals surface area contributed by atoms with Crippen LogP contribution in [0.1, 0.15) is 26.3 Å². The minimum Gasteiger partial charge on any atom is -0.494 e. The molecule has 1 saturated heterocycles. The number of aromatic nitrogens is 1. The van der Waals surface area contributed by atoms with E-state index in [0.29, 0.717) is 43.9 Å². The zero-order chi connectivity index (χ0) is 32.8. The SMILES string of the molecule is CNC(=O)c1ccccc1NC(=O)c1cc(F)ccc1Nc1cc(Nc2ccc(N3CCOCC3)cc2OC)ncc1C(F)(F)F. The van der Waals surface area contributed by atoms with Crippen molar-refractivity contribution in [2.75, 3.05) is 61.3 Å². The molecule has 4 N–H and O–H groups in total. The number of ether oxygens (including phenoxy) is 2. The Kier molecular flexibility index (Phi) is 9.56. The summed E-state index contributed by atoms with van der Waals surface area (Å²) in [6, 6.07) is 15.7. The number of pyridine rings is 1. The summed E-state index contributed by atoms with van der Waals surface area (Å²) in [5.74, 6) is -1.65. The molecule has 4 aromatic rings. The molecule has 0 spiro atoms. The summed E-state index contributed by atoms with van der Waals surface area (Å²) in [6.07, 6.45) is -4.16.